The van der Waals surface area contributed by atoms with E-state index < -0.39 is 10.0 Å². The van der Waals surface area contributed by atoms with Gasteiger partial charge in [-0.1, -0.05) is 17.3 Å². The van der Waals surface area contributed by atoms with Gasteiger partial charge in [-0.05, 0) is 36.8 Å². The molecule has 0 aliphatic carbocycles. The highest BCUT2D eigenvalue weighted by Crippen LogP contribution is 2.31. The van der Waals surface area contributed by atoms with E-state index in [4.69, 9.17) is 4.52 Å². The zero-order valence-electron chi connectivity index (χ0n) is 11.1. The number of rotatable bonds is 4. The molecule has 0 saturated carbocycles. The van der Waals surface area contributed by atoms with Crippen molar-refractivity contribution in [1.29, 1.82) is 0 Å². The van der Waals surface area contributed by atoms with Crippen molar-refractivity contribution in [2.45, 2.75) is 11.1 Å². The van der Waals surface area contributed by atoms with Gasteiger partial charge < -0.3 is 4.52 Å². The minimum Gasteiger partial charge on any atom is -0.355 e. The molecule has 0 unspecified atom stereocenters. The van der Waals surface area contributed by atoms with Gasteiger partial charge >= 0.3 is 0 Å². The topological polar surface area (TPSA) is 72.2 Å². The summed E-state index contributed by atoms with van der Waals surface area (Å²) >= 11 is 1.14. The molecule has 0 bridgehead atoms. The average molecular weight is 320 g/mol. The fourth-order valence-corrected chi connectivity index (χ4v) is 4.17. The number of thiophene rings is 1. The summed E-state index contributed by atoms with van der Waals surface area (Å²) in [5.41, 5.74) is 1.54. The van der Waals surface area contributed by atoms with Gasteiger partial charge in [0.25, 0.3) is 10.0 Å². The van der Waals surface area contributed by atoms with Crippen LogP contribution in [0.25, 0.3) is 10.6 Å². The van der Waals surface area contributed by atoms with E-state index in [-0.39, 0.29) is 4.21 Å². The first-order valence-corrected chi connectivity index (χ1v) is 8.45. The van der Waals surface area contributed by atoms with Gasteiger partial charge in [-0.3, -0.25) is 4.72 Å². The van der Waals surface area contributed by atoms with Crippen molar-refractivity contribution in [2.24, 2.45) is 0 Å². The highest BCUT2D eigenvalue weighted by molar-refractivity contribution is 7.94. The predicted molar refractivity (Wildman–Crippen MR) is 81.8 cm³/mol. The van der Waals surface area contributed by atoms with Crippen LogP contribution < -0.4 is 4.72 Å². The molecule has 0 spiro atoms. The van der Waals surface area contributed by atoms with E-state index in [9.17, 15) is 8.42 Å². The zero-order valence-corrected chi connectivity index (χ0v) is 12.7. The van der Waals surface area contributed by atoms with Gasteiger partial charge in [0.05, 0.1) is 11.1 Å². The van der Waals surface area contributed by atoms with Crippen molar-refractivity contribution in [3.05, 3.63) is 54.2 Å². The van der Waals surface area contributed by atoms with Crippen LogP contribution in [0.5, 0.6) is 0 Å². The van der Waals surface area contributed by atoms with Crippen molar-refractivity contribution in [3.63, 3.8) is 0 Å². The van der Waals surface area contributed by atoms with Crippen LogP contribution in [0.4, 0.5) is 5.69 Å². The Balaban J connectivity index is 1.89. The lowest BCUT2D eigenvalue weighted by Crippen LogP contribution is -2.11. The third kappa shape index (κ3) is 2.98. The summed E-state index contributed by atoms with van der Waals surface area (Å²) in [6.45, 7) is 1.91. The standard InChI is InChI=1S/C14H12N2O3S2/c1-10-3-2-4-11(9-10)16-21(17,18)14-6-5-13(20-14)12-7-8-15-19-12/h2-9,16H,1H3. The lowest BCUT2D eigenvalue weighted by Gasteiger charge is -2.06. The molecule has 0 amide bonds. The summed E-state index contributed by atoms with van der Waals surface area (Å²) in [5, 5.41) is 3.61. The largest absolute Gasteiger partial charge is 0.355 e. The van der Waals surface area contributed by atoms with E-state index in [0.29, 0.717) is 11.4 Å². The number of hydrogen-bond acceptors (Lipinski definition) is 5. The van der Waals surface area contributed by atoms with Crippen LogP contribution in [0, 0.1) is 6.92 Å². The van der Waals surface area contributed by atoms with Gasteiger partial charge in [-0.2, -0.15) is 0 Å². The van der Waals surface area contributed by atoms with Crippen LogP contribution in [0.3, 0.4) is 0 Å². The third-order valence-corrected chi connectivity index (χ3v) is 5.77. The monoisotopic (exact) mass is 320 g/mol. The fraction of sp³-hybridized carbons (Fsp3) is 0.0714. The fourth-order valence-electron chi connectivity index (χ4n) is 1.85. The number of benzene rings is 1. The number of sulfonamides is 1. The molecule has 0 aliphatic heterocycles. The molecule has 1 aromatic carbocycles. The SMILES string of the molecule is Cc1cccc(NS(=O)(=O)c2ccc(-c3ccno3)s2)c1. The maximum absolute atomic E-state index is 12.3. The van der Waals surface area contributed by atoms with Crippen LogP contribution >= 0.6 is 11.3 Å². The molecular weight excluding hydrogens is 308 g/mol. The van der Waals surface area contributed by atoms with Crippen molar-refractivity contribution < 1.29 is 12.9 Å². The van der Waals surface area contributed by atoms with E-state index in [0.717, 1.165) is 21.8 Å². The summed E-state index contributed by atoms with van der Waals surface area (Å²) in [6.07, 6.45) is 1.52. The van der Waals surface area contributed by atoms with Gasteiger partial charge in [0.2, 0.25) is 0 Å². The summed E-state index contributed by atoms with van der Waals surface area (Å²) in [4.78, 5) is 0.720. The number of hydrogen-bond donors (Lipinski definition) is 1. The van der Waals surface area contributed by atoms with Crippen molar-refractivity contribution >= 4 is 27.0 Å². The quantitative estimate of drug-likeness (QED) is 0.798. The maximum Gasteiger partial charge on any atom is 0.271 e. The molecule has 108 valence electrons. The molecule has 2 aromatic heterocycles. The van der Waals surface area contributed by atoms with Crippen LogP contribution in [-0.2, 0) is 10.0 Å². The number of nitrogens with zero attached hydrogens (tertiary/aromatic N) is 1. The molecular formula is C14H12N2O3S2. The Morgan fingerprint density at radius 1 is 1.19 bits per heavy atom. The molecule has 2 heterocycles. The van der Waals surface area contributed by atoms with Gasteiger partial charge in [-0.25, -0.2) is 8.42 Å². The first-order chi connectivity index (χ1) is 10.0. The van der Waals surface area contributed by atoms with E-state index in [2.05, 4.69) is 9.88 Å². The lowest BCUT2D eigenvalue weighted by molar-refractivity contribution is 0.433. The molecule has 0 saturated heterocycles. The molecule has 0 atom stereocenters. The number of nitrogens with one attached hydrogen (secondary N) is 1. The molecule has 3 rings (SSSR count). The van der Waals surface area contributed by atoms with Gasteiger partial charge in [-0.15, -0.1) is 11.3 Å². The Hall–Kier alpha value is -2.12. The maximum atomic E-state index is 12.3. The van der Waals surface area contributed by atoms with Crippen LogP contribution in [0.1, 0.15) is 5.56 Å². The molecule has 1 N–H and O–H groups in total. The Morgan fingerprint density at radius 3 is 2.76 bits per heavy atom. The highest BCUT2D eigenvalue weighted by atomic mass is 32.2. The van der Waals surface area contributed by atoms with Crippen molar-refractivity contribution in [2.75, 3.05) is 4.72 Å². The van der Waals surface area contributed by atoms with E-state index in [1.807, 2.05) is 19.1 Å². The molecule has 7 heteroatoms. The molecule has 0 aliphatic rings. The second kappa shape index (κ2) is 5.34. The van der Waals surface area contributed by atoms with E-state index >= 15 is 0 Å². The lowest BCUT2D eigenvalue weighted by atomic mass is 10.2. The zero-order chi connectivity index (χ0) is 14.9. The summed E-state index contributed by atoms with van der Waals surface area (Å²) in [5.74, 6) is 0.553. The molecule has 5 nitrogen and oxygen atoms in total. The molecule has 3 aromatic rings. The predicted octanol–water partition coefficient (Wildman–Crippen LogP) is 3.51. The minimum absolute atomic E-state index is 0.232. The van der Waals surface area contributed by atoms with E-state index in [1.54, 1.807) is 30.3 Å². The first-order valence-electron chi connectivity index (χ1n) is 6.15. The minimum atomic E-state index is -3.59. The molecule has 21 heavy (non-hydrogen) atoms. The average Bonchev–Trinajstić information content (AvgIpc) is 3.10. The van der Waals surface area contributed by atoms with Gasteiger partial charge in [0.15, 0.2) is 5.76 Å². The van der Waals surface area contributed by atoms with Crippen molar-refractivity contribution in [3.8, 4) is 10.6 Å². The Bertz CT molecular complexity index is 852. The van der Waals surface area contributed by atoms with Crippen LogP contribution in [-0.4, -0.2) is 13.6 Å². The highest BCUT2D eigenvalue weighted by Gasteiger charge is 2.18. The molecule has 0 fully saturated rings. The first kappa shape index (κ1) is 13.8. The molecule has 0 radical (unpaired) electrons. The smallest absolute Gasteiger partial charge is 0.271 e. The number of aryl methyl sites for hydroxylation is 1. The van der Waals surface area contributed by atoms with Gasteiger partial charge in [0, 0.05) is 11.8 Å². The van der Waals surface area contributed by atoms with Gasteiger partial charge in [0.1, 0.15) is 4.21 Å². The van der Waals surface area contributed by atoms with E-state index in [1.165, 1.54) is 6.20 Å². The summed E-state index contributed by atoms with van der Waals surface area (Å²) < 4.78 is 32.5. The second-order valence-corrected chi connectivity index (χ2v) is 7.46. The Morgan fingerprint density at radius 2 is 2.05 bits per heavy atom. The Labute approximate surface area is 126 Å². The van der Waals surface area contributed by atoms with Crippen LogP contribution in [0.2, 0.25) is 0 Å². The summed E-state index contributed by atoms with van der Waals surface area (Å²) in [6, 6.07) is 12.2. The summed E-state index contributed by atoms with van der Waals surface area (Å²) in [7, 11) is -3.59. The Kier molecular flexibility index (Phi) is 3.52. The number of aromatic nitrogens is 1. The third-order valence-electron chi connectivity index (χ3n) is 2.80. The second-order valence-electron chi connectivity index (χ2n) is 4.47. The normalized spacial score (nSPS) is 11.5. The van der Waals surface area contributed by atoms with Crippen LogP contribution in [0.15, 0.2) is 57.4 Å². The van der Waals surface area contributed by atoms with Crippen molar-refractivity contribution in [1.82, 2.24) is 5.16 Å². The number of anilines is 1.